The second-order valence-corrected chi connectivity index (χ2v) is 3.02. The van der Waals surface area contributed by atoms with Crippen molar-refractivity contribution in [2.24, 2.45) is 0 Å². The Morgan fingerprint density at radius 3 is 2.92 bits per heavy atom. The van der Waals surface area contributed by atoms with Crippen molar-refractivity contribution in [2.45, 2.75) is 0 Å². The quantitative estimate of drug-likeness (QED) is 0.634. The molecule has 0 atom stereocenters. The molecule has 0 spiro atoms. The van der Waals surface area contributed by atoms with Gasteiger partial charge >= 0.3 is 7.68 Å². The number of hydrogen-bond acceptors (Lipinski definition) is 5. The molecule has 0 aliphatic carbocycles. The van der Waals surface area contributed by atoms with Gasteiger partial charge in [0.1, 0.15) is 11.8 Å². The van der Waals surface area contributed by atoms with Gasteiger partial charge in [0.05, 0.1) is 6.20 Å². The molecule has 2 aromatic heterocycles. The third-order valence-corrected chi connectivity index (χ3v) is 1.88. The molecule has 0 amide bonds. The minimum Gasteiger partial charge on any atom is -0.327 e. The molecule has 0 aliphatic rings. The molecule has 0 bridgehead atoms. The van der Waals surface area contributed by atoms with Crippen molar-refractivity contribution < 1.29 is 9.13 Å². The van der Waals surface area contributed by atoms with Gasteiger partial charge in [-0.25, -0.2) is 19.1 Å². The molecule has 0 fully saturated rings. The van der Waals surface area contributed by atoms with E-state index < -0.39 is 7.68 Å². The van der Waals surface area contributed by atoms with Gasteiger partial charge < -0.3 is 4.98 Å². The summed E-state index contributed by atoms with van der Waals surface area (Å²) in [5, 5.41) is 0. The zero-order chi connectivity index (χ0) is 8.55. The lowest BCUT2D eigenvalue weighted by atomic mass is 10.6. The summed E-state index contributed by atoms with van der Waals surface area (Å²) in [5.74, 6) is 0. The van der Waals surface area contributed by atoms with Crippen molar-refractivity contribution in [1.29, 1.82) is 0 Å². The summed E-state index contributed by atoms with van der Waals surface area (Å²) in [4.78, 5) is 13.7. The van der Waals surface area contributed by atoms with E-state index in [1.54, 1.807) is 0 Å². The molecule has 60 valence electrons. The van der Waals surface area contributed by atoms with Crippen LogP contribution in [-0.4, -0.2) is 19.9 Å². The summed E-state index contributed by atoms with van der Waals surface area (Å²) in [6.45, 7) is 0. The summed E-state index contributed by atoms with van der Waals surface area (Å²) in [6, 6.07) is 0. The van der Waals surface area contributed by atoms with Crippen LogP contribution in [-0.2, 0) is 9.13 Å². The molecule has 12 heavy (non-hydrogen) atoms. The zero-order valence-corrected chi connectivity index (χ0v) is 6.65. The van der Waals surface area contributed by atoms with E-state index in [0.717, 1.165) is 0 Å². The second-order valence-electron chi connectivity index (χ2n) is 2.08. The SMILES string of the molecule is O=P(=O)c1nc2ncncc2[nH]1. The molecule has 0 saturated heterocycles. The molecule has 1 N–H and O–H groups in total. The van der Waals surface area contributed by atoms with Crippen molar-refractivity contribution in [2.75, 3.05) is 0 Å². The van der Waals surface area contributed by atoms with E-state index in [4.69, 9.17) is 0 Å². The third kappa shape index (κ3) is 1.02. The molecule has 6 nitrogen and oxygen atoms in total. The Morgan fingerprint density at radius 2 is 2.25 bits per heavy atom. The van der Waals surface area contributed by atoms with Crippen LogP contribution in [0.4, 0.5) is 0 Å². The van der Waals surface area contributed by atoms with Crippen LogP contribution in [0.2, 0.25) is 0 Å². The first-order chi connectivity index (χ1) is 5.77. The predicted molar refractivity (Wildman–Crippen MR) is 39.6 cm³/mol. The first kappa shape index (κ1) is 7.12. The number of nitrogens with one attached hydrogen (secondary N) is 1. The van der Waals surface area contributed by atoms with Crippen molar-refractivity contribution in [3.63, 3.8) is 0 Å². The van der Waals surface area contributed by atoms with Gasteiger partial charge in [0.25, 0.3) is 0 Å². The first-order valence-electron chi connectivity index (χ1n) is 3.07. The van der Waals surface area contributed by atoms with Gasteiger partial charge in [-0.1, -0.05) is 0 Å². The van der Waals surface area contributed by atoms with E-state index >= 15 is 0 Å². The van der Waals surface area contributed by atoms with Crippen LogP contribution in [0.25, 0.3) is 11.2 Å². The Balaban J connectivity index is 2.78. The van der Waals surface area contributed by atoms with E-state index in [0.29, 0.717) is 11.2 Å². The van der Waals surface area contributed by atoms with Crippen molar-refractivity contribution in [3.8, 4) is 0 Å². The van der Waals surface area contributed by atoms with Gasteiger partial charge in [-0.2, -0.15) is 4.98 Å². The van der Waals surface area contributed by atoms with Gasteiger partial charge in [-0.15, -0.1) is 0 Å². The lowest BCUT2D eigenvalue weighted by molar-refractivity contribution is 0.521. The molecule has 0 aromatic carbocycles. The van der Waals surface area contributed by atoms with Gasteiger partial charge in [0, 0.05) is 0 Å². The largest absolute Gasteiger partial charge is 0.385 e. The summed E-state index contributed by atoms with van der Waals surface area (Å²) in [6.07, 6.45) is 2.78. The normalized spacial score (nSPS) is 10.3. The summed E-state index contributed by atoms with van der Waals surface area (Å²) < 4.78 is 20.9. The molecular weight excluding hydrogens is 179 g/mol. The lowest BCUT2D eigenvalue weighted by Gasteiger charge is -1.80. The van der Waals surface area contributed by atoms with E-state index in [1.165, 1.54) is 12.5 Å². The van der Waals surface area contributed by atoms with Crippen LogP contribution in [0.15, 0.2) is 12.5 Å². The maximum Gasteiger partial charge on any atom is 0.385 e. The second kappa shape index (κ2) is 2.49. The van der Waals surface area contributed by atoms with Crippen LogP contribution >= 0.6 is 7.68 Å². The lowest BCUT2D eigenvalue weighted by Crippen LogP contribution is -1.95. The third-order valence-electron chi connectivity index (χ3n) is 1.32. The number of hydrogen-bond donors (Lipinski definition) is 1. The van der Waals surface area contributed by atoms with Crippen molar-refractivity contribution in [1.82, 2.24) is 19.9 Å². The highest BCUT2D eigenvalue weighted by Gasteiger charge is 2.06. The summed E-state index contributed by atoms with van der Waals surface area (Å²) >= 11 is 0. The Labute approximate surface area is 66.9 Å². The van der Waals surface area contributed by atoms with Crippen molar-refractivity contribution >= 4 is 24.4 Å². The molecule has 0 aliphatic heterocycles. The average Bonchev–Trinajstić information content (AvgIpc) is 2.46. The topological polar surface area (TPSA) is 88.6 Å². The van der Waals surface area contributed by atoms with Crippen LogP contribution in [0, 0.1) is 0 Å². The van der Waals surface area contributed by atoms with Crippen LogP contribution in [0.1, 0.15) is 0 Å². The van der Waals surface area contributed by atoms with Crippen LogP contribution in [0.3, 0.4) is 0 Å². The molecule has 0 saturated carbocycles. The van der Waals surface area contributed by atoms with Gasteiger partial charge in [0.2, 0.25) is 5.57 Å². The Morgan fingerprint density at radius 1 is 1.42 bits per heavy atom. The molecule has 2 heterocycles. The minimum atomic E-state index is -2.68. The van der Waals surface area contributed by atoms with E-state index in [-0.39, 0.29) is 5.57 Å². The highest BCUT2D eigenvalue weighted by molar-refractivity contribution is 7.39. The monoisotopic (exact) mass is 182 g/mol. The molecule has 2 aromatic rings. The molecule has 0 radical (unpaired) electrons. The van der Waals surface area contributed by atoms with Crippen molar-refractivity contribution in [3.05, 3.63) is 12.5 Å². The maximum atomic E-state index is 10.5. The maximum absolute atomic E-state index is 10.5. The Hall–Kier alpha value is -1.55. The smallest absolute Gasteiger partial charge is 0.327 e. The number of H-pyrrole nitrogens is 1. The fourth-order valence-electron chi connectivity index (χ4n) is 0.836. The molecular formula is C5H3N4O2P. The van der Waals surface area contributed by atoms with E-state index in [1.807, 2.05) is 0 Å². The zero-order valence-electron chi connectivity index (χ0n) is 5.76. The number of imidazole rings is 1. The fourth-order valence-corrected chi connectivity index (χ4v) is 1.22. The summed E-state index contributed by atoms with van der Waals surface area (Å²) in [5.41, 5.74) is 0.798. The van der Waals surface area contributed by atoms with E-state index in [9.17, 15) is 9.13 Å². The number of aromatic amines is 1. The highest BCUT2D eigenvalue weighted by atomic mass is 31.1. The molecule has 7 heteroatoms. The van der Waals surface area contributed by atoms with E-state index in [2.05, 4.69) is 19.9 Å². The number of fused-ring (bicyclic) bond motifs is 1. The highest BCUT2D eigenvalue weighted by Crippen LogP contribution is 2.06. The number of aromatic nitrogens is 4. The number of nitrogens with zero attached hydrogens (tertiary/aromatic N) is 3. The Bertz CT molecular complexity index is 448. The standard InChI is InChI=1S/C5H3N4O2P/c10-12(11)5-8-3-1-6-2-7-4(3)9-5/h1-2H,(H,6,7,8,9). The van der Waals surface area contributed by atoms with Gasteiger partial charge in [-0.05, 0) is 0 Å². The molecule has 2 rings (SSSR count). The van der Waals surface area contributed by atoms with Gasteiger partial charge in [-0.3, -0.25) is 0 Å². The first-order valence-corrected chi connectivity index (χ1v) is 4.25. The van der Waals surface area contributed by atoms with Crippen LogP contribution in [0.5, 0.6) is 0 Å². The van der Waals surface area contributed by atoms with Gasteiger partial charge in [0.15, 0.2) is 5.65 Å². The van der Waals surface area contributed by atoms with Crippen LogP contribution < -0.4 is 5.57 Å². The predicted octanol–water partition coefficient (Wildman–Crippen LogP) is 0.151. The number of rotatable bonds is 1. The Kier molecular flexibility index (Phi) is 1.48. The molecule has 0 unspecified atom stereocenters. The average molecular weight is 182 g/mol. The summed E-state index contributed by atoms with van der Waals surface area (Å²) in [7, 11) is -2.68. The minimum absolute atomic E-state index is 0.0829. The fraction of sp³-hybridized carbons (Fsp3) is 0.